The standard InChI is InChI=1S/C22H21NO5S/c1-13-2-10-18(11-3-13)29(26,27)28-17-8-6-16(7-9-17)23-21(24)19-14-4-5-15(12-14)20(19)22(23)25/h2-3,6-11,14-15,19-20H,4-5,12H2,1H3/t14-,15-,19-,20-/m0/s1. The fourth-order valence-electron chi connectivity index (χ4n) is 5.19. The quantitative estimate of drug-likeness (QED) is 0.570. The van der Waals surface area contributed by atoms with Gasteiger partial charge in [-0.2, -0.15) is 8.42 Å². The maximum absolute atomic E-state index is 12.9. The number of anilines is 1. The van der Waals surface area contributed by atoms with Gasteiger partial charge in [-0.05, 0) is 74.4 Å². The summed E-state index contributed by atoms with van der Waals surface area (Å²) in [7, 11) is -3.95. The molecule has 1 saturated heterocycles. The first-order chi connectivity index (χ1) is 13.8. The highest BCUT2D eigenvalue weighted by molar-refractivity contribution is 7.87. The molecule has 3 aliphatic rings. The summed E-state index contributed by atoms with van der Waals surface area (Å²) in [6.07, 6.45) is 3.05. The van der Waals surface area contributed by atoms with Crippen molar-refractivity contribution in [1.29, 1.82) is 0 Å². The van der Waals surface area contributed by atoms with Gasteiger partial charge < -0.3 is 4.18 Å². The minimum Gasteiger partial charge on any atom is -0.379 e. The molecule has 2 bridgehead atoms. The predicted molar refractivity (Wildman–Crippen MR) is 106 cm³/mol. The summed E-state index contributed by atoms with van der Waals surface area (Å²) in [5, 5.41) is 0. The Bertz CT molecular complexity index is 1060. The Labute approximate surface area is 169 Å². The average Bonchev–Trinajstić information content (AvgIpc) is 3.37. The molecule has 2 aromatic carbocycles. The van der Waals surface area contributed by atoms with E-state index < -0.39 is 10.1 Å². The molecular formula is C22H21NO5S. The number of carbonyl (C=O) groups is 2. The van der Waals surface area contributed by atoms with E-state index in [1.807, 2.05) is 6.92 Å². The van der Waals surface area contributed by atoms with Crippen LogP contribution in [-0.2, 0) is 19.7 Å². The highest BCUT2D eigenvalue weighted by atomic mass is 32.2. The molecule has 0 N–H and O–H groups in total. The third kappa shape index (κ3) is 2.87. The number of rotatable bonds is 4. The normalized spacial score (nSPS) is 28.1. The van der Waals surface area contributed by atoms with Gasteiger partial charge in [0.15, 0.2) is 0 Å². The first-order valence-electron chi connectivity index (χ1n) is 9.84. The average molecular weight is 411 g/mol. The second kappa shape index (κ2) is 6.42. The fourth-order valence-corrected chi connectivity index (χ4v) is 6.12. The molecule has 2 amide bonds. The van der Waals surface area contributed by atoms with Crippen LogP contribution in [0.25, 0.3) is 0 Å². The number of carbonyl (C=O) groups excluding carboxylic acids is 2. The number of hydrogen-bond donors (Lipinski definition) is 0. The molecular weight excluding hydrogens is 390 g/mol. The lowest BCUT2D eigenvalue weighted by Crippen LogP contribution is -2.32. The minimum atomic E-state index is -3.95. The van der Waals surface area contributed by atoms with Crippen LogP contribution in [0.15, 0.2) is 53.4 Å². The zero-order valence-electron chi connectivity index (χ0n) is 15.9. The molecule has 1 aliphatic heterocycles. The number of nitrogens with zero attached hydrogens (tertiary/aromatic N) is 1. The maximum Gasteiger partial charge on any atom is 0.339 e. The van der Waals surface area contributed by atoms with E-state index in [0.29, 0.717) is 17.5 Å². The number of hydrogen-bond acceptors (Lipinski definition) is 5. The molecule has 2 aliphatic carbocycles. The molecule has 0 aromatic heterocycles. The van der Waals surface area contributed by atoms with Crippen molar-refractivity contribution in [3.8, 4) is 5.75 Å². The van der Waals surface area contributed by atoms with Crippen LogP contribution in [0.3, 0.4) is 0 Å². The van der Waals surface area contributed by atoms with Gasteiger partial charge in [-0.3, -0.25) is 14.5 Å². The van der Waals surface area contributed by atoms with Crippen LogP contribution in [0.5, 0.6) is 5.75 Å². The van der Waals surface area contributed by atoms with Gasteiger partial charge in [-0.15, -0.1) is 0 Å². The summed E-state index contributed by atoms with van der Waals surface area (Å²) in [6.45, 7) is 1.87. The Morgan fingerprint density at radius 1 is 0.862 bits per heavy atom. The summed E-state index contributed by atoms with van der Waals surface area (Å²) in [4.78, 5) is 27.1. The van der Waals surface area contributed by atoms with Crippen LogP contribution in [0, 0.1) is 30.6 Å². The van der Waals surface area contributed by atoms with Gasteiger partial charge in [0, 0.05) is 0 Å². The Morgan fingerprint density at radius 3 is 1.97 bits per heavy atom. The molecule has 29 heavy (non-hydrogen) atoms. The van der Waals surface area contributed by atoms with Crippen LogP contribution < -0.4 is 9.08 Å². The largest absolute Gasteiger partial charge is 0.379 e. The van der Waals surface area contributed by atoms with Crippen LogP contribution in [0.4, 0.5) is 5.69 Å². The summed E-state index contributed by atoms with van der Waals surface area (Å²) < 4.78 is 30.1. The summed E-state index contributed by atoms with van der Waals surface area (Å²) in [5.41, 5.74) is 1.42. The number of amides is 2. The van der Waals surface area contributed by atoms with Crippen molar-refractivity contribution >= 4 is 27.6 Å². The molecule has 3 fully saturated rings. The SMILES string of the molecule is Cc1ccc(S(=O)(=O)Oc2ccc(N3C(=O)[C@H]4[C@H]5CC[C@@H](C5)[C@@H]4C3=O)cc2)cc1. The van der Waals surface area contributed by atoms with E-state index in [0.717, 1.165) is 24.8 Å². The summed E-state index contributed by atoms with van der Waals surface area (Å²) in [5.74, 6) is 0.190. The van der Waals surface area contributed by atoms with E-state index in [1.165, 1.54) is 29.2 Å². The Hall–Kier alpha value is -2.67. The van der Waals surface area contributed by atoms with Crippen LogP contribution >= 0.6 is 0 Å². The van der Waals surface area contributed by atoms with Crippen LogP contribution in [0.2, 0.25) is 0 Å². The molecule has 150 valence electrons. The first-order valence-corrected chi connectivity index (χ1v) is 11.2. The minimum absolute atomic E-state index is 0.0698. The van der Waals surface area contributed by atoms with Gasteiger partial charge in [0.2, 0.25) is 11.8 Å². The smallest absolute Gasteiger partial charge is 0.339 e. The zero-order valence-corrected chi connectivity index (χ0v) is 16.8. The van der Waals surface area contributed by atoms with Crippen molar-refractivity contribution in [1.82, 2.24) is 0 Å². The van der Waals surface area contributed by atoms with Crippen molar-refractivity contribution in [2.75, 3.05) is 4.90 Å². The van der Waals surface area contributed by atoms with Crippen molar-refractivity contribution in [3.05, 3.63) is 54.1 Å². The molecule has 0 spiro atoms. The Kier molecular flexibility index (Phi) is 4.07. The molecule has 5 rings (SSSR count). The molecule has 2 aromatic rings. The summed E-state index contributed by atoms with van der Waals surface area (Å²) in [6, 6.07) is 12.5. The van der Waals surface area contributed by atoms with Crippen molar-refractivity contribution in [3.63, 3.8) is 0 Å². The number of imide groups is 1. The molecule has 7 heteroatoms. The summed E-state index contributed by atoms with van der Waals surface area (Å²) >= 11 is 0. The molecule has 0 radical (unpaired) electrons. The molecule has 4 atom stereocenters. The van der Waals surface area contributed by atoms with Crippen molar-refractivity contribution in [2.24, 2.45) is 23.7 Å². The molecule has 1 heterocycles. The second-order valence-electron chi connectivity index (χ2n) is 8.24. The van der Waals surface area contributed by atoms with Gasteiger partial charge in [0.1, 0.15) is 10.6 Å². The van der Waals surface area contributed by atoms with Gasteiger partial charge in [-0.1, -0.05) is 17.7 Å². The predicted octanol–water partition coefficient (Wildman–Crippen LogP) is 3.30. The third-order valence-corrected chi connectivity index (χ3v) is 7.80. The third-order valence-electron chi connectivity index (χ3n) is 6.54. The highest BCUT2D eigenvalue weighted by Crippen LogP contribution is 2.56. The lowest BCUT2D eigenvalue weighted by molar-refractivity contribution is -0.123. The Balaban J connectivity index is 1.36. The first kappa shape index (κ1) is 18.4. The van der Waals surface area contributed by atoms with E-state index >= 15 is 0 Å². The van der Waals surface area contributed by atoms with Gasteiger partial charge in [0.05, 0.1) is 17.5 Å². The Morgan fingerprint density at radius 2 is 1.41 bits per heavy atom. The van der Waals surface area contributed by atoms with Gasteiger partial charge in [-0.25, -0.2) is 0 Å². The fraction of sp³-hybridized carbons (Fsp3) is 0.364. The topological polar surface area (TPSA) is 80.8 Å². The van der Waals surface area contributed by atoms with Gasteiger partial charge in [0.25, 0.3) is 0 Å². The zero-order chi connectivity index (χ0) is 20.3. The van der Waals surface area contributed by atoms with E-state index in [2.05, 4.69) is 0 Å². The number of benzene rings is 2. The van der Waals surface area contributed by atoms with E-state index in [9.17, 15) is 18.0 Å². The second-order valence-corrected chi connectivity index (χ2v) is 9.79. The molecule has 0 unspecified atom stereocenters. The molecule has 2 saturated carbocycles. The van der Waals surface area contributed by atoms with Crippen LogP contribution in [0.1, 0.15) is 24.8 Å². The highest BCUT2D eigenvalue weighted by Gasteiger charge is 2.61. The van der Waals surface area contributed by atoms with Crippen LogP contribution in [-0.4, -0.2) is 20.2 Å². The van der Waals surface area contributed by atoms with Gasteiger partial charge >= 0.3 is 10.1 Å². The monoisotopic (exact) mass is 411 g/mol. The van der Waals surface area contributed by atoms with E-state index in [-0.39, 0.29) is 34.3 Å². The lowest BCUT2D eigenvalue weighted by atomic mass is 9.81. The number of fused-ring (bicyclic) bond motifs is 5. The maximum atomic E-state index is 12.9. The lowest BCUT2D eigenvalue weighted by Gasteiger charge is -2.19. The van der Waals surface area contributed by atoms with Crippen molar-refractivity contribution < 1.29 is 22.2 Å². The molecule has 6 nitrogen and oxygen atoms in total. The van der Waals surface area contributed by atoms with E-state index in [4.69, 9.17) is 4.18 Å². The number of aryl methyl sites for hydroxylation is 1. The van der Waals surface area contributed by atoms with Crippen molar-refractivity contribution in [2.45, 2.75) is 31.1 Å². The van der Waals surface area contributed by atoms with E-state index in [1.54, 1.807) is 24.3 Å².